The zero-order valence-electron chi connectivity index (χ0n) is 35.9. The first-order valence-electron chi connectivity index (χ1n) is 22.3. The standard InChI is InChI=1S/C63H43NO/c1-42-57-15-6-7-19-62(57)65-63(42)53-14-8-13-50(41-53)45-28-35-55(36-29-45)64(56-37-30-46(31-38-56)51-32-39-61-52(40-51)25-24-48-11-3-5-17-59(48)61)54-33-26-44(27-34-54)43-20-22-49(23-21-43)60-18-9-12-47-10-2-4-16-58(47)60/h2-41H,1H3. The van der Waals surface area contributed by atoms with Crippen molar-refractivity contribution in [1.29, 1.82) is 0 Å². The van der Waals surface area contributed by atoms with Gasteiger partial charge in [-0.15, -0.1) is 0 Å². The molecule has 306 valence electrons. The number of nitrogens with zero attached hydrogens (tertiary/aromatic N) is 1. The van der Waals surface area contributed by atoms with Crippen LogP contribution in [0.25, 0.3) is 99.1 Å². The van der Waals surface area contributed by atoms with E-state index in [4.69, 9.17) is 4.42 Å². The van der Waals surface area contributed by atoms with Crippen molar-refractivity contribution in [1.82, 2.24) is 0 Å². The molecule has 2 heteroatoms. The van der Waals surface area contributed by atoms with Gasteiger partial charge in [-0.05, 0) is 138 Å². The van der Waals surface area contributed by atoms with Crippen molar-refractivity contribution in [2.75, 3.05) is 4.90 Å². The van der Waals surface area contributed by atoms with Gasteiger partial charge in [-0.2, -0.15) is 0 Å². The average Bonchev–Trinajstić information content (AvgIpc) is 3.72. The fourth-order valence-electron chi connectivity index (χ4n) is 9.66. The Morgan fingerprint density at radius 2 is 0.738 bits per heavy atom. The van der Waals surface area contributed by atoms with Crippen LogP contribution in [0.3, 0.4) is 0 Å². The van der Waals surface area contributed by atoms with Crippen molar-refractivity contribution >= 4 is 60.3 Å². The van der Waals surface area contributed by atoms with E-state index < -0.39 is 0 Å². The van der Waals surface area contributed by atoms with Crippen LogP contribution in [0.4, 0.5) is 17.1 Å². The summed E-state index contributed by atoms with van der Waals surface area (Å²) in [6.07, 6.45) is 0. The molecule has 0 spiro atoms. The molecule has 1 aromatic heterocycles. The molecule has 0 aliphatic carbocycles. The first-order chi connectivity index (χ1) is 32.1. The Morgan fingerprint density at radius 1 is 0.292 bits per heavy atom. The number of hydrogen-bond acceptors (Lipinski definition) is 2. The molecule has 0 unspecified atom stereocenters. The SMILES string of the molecule is Cc1c(-c2cccc(-c3ccc(N(c4ccc(-c5ccc(-c6cccc7ccccc67)cc5)cc4)c4ccc(-c5ccc6c(ccc7ccccc76)c5)cc4)cc3)c2)oc2ccccc12. The molecule has 0 saturated carbocycles. The van der Waals surface area contributed by atoms with E-state index in [0.717, 1.165) is 56.0 Å². The maximum atomic E-state index is 6.36. The number of benzene rings is 11. The summed E-state index contributed by atoms with van der Waals surface area (Å²) >= 11 is 0. The summed E-state index contributed by atoms with van der Waals surface area (Å²) in [4.78, 5) is 2.35. The third kappa shape index (κ3) is 7.03. The predicted molar refractivity (Wildman–Crippen MR) is 275 cm³/mol. The van der Waals surface area contributed by atoms with Crippen LogP contribution in [0.2, 0.25) is 0 Å². The second kappa shape index (κ2) is 16.0. The van der Waals surface area contributed by atoms with Crippen LogP contribution < -0.4 is 4.90 Å². The van der Waals surface area contributed by atoms with E-state index in [-0.39, 0.29) is 0 Å². The summed E-state index contributed by atoms with van der Waals surface area (Å²) in [7, 11) is 0. The lowest BCUT2D eigenvalue weighted by Gasteiger charge is -2.26. The van der Waals surface area contributed by atoms with Crippen LogP contribution >= 0.6 is 0 Å². The molecule has 0 aliphatic rings. The molecule has 11 aromatic carbocycles. The fourth-order valence-corrected chi connectivity index (χ4v) is 9.66. The van der Waals surface area contributed by atoms with Gasteiger partial charge in [0.05, 0.1) is 0 Å². The van der Waals surface area contributed by atoms with E-state index in [1.54, 1.807) is 0 Å². The van der Waals surface area contributed by atoms with Crippen LogP contribution in [0.5, 0.6) is 0 Å². The van der Waals surface area contributed by atoms with Crippen LogP contribution in [-0.2, 0) is 0 Å². The summed E-state index contributed by atoms with van der Waals surface area (Å²) in [5.41, 5.74) is 15.9. The quantitative estimate of drug-likeness (QED) is 0.142. The van der Waals surface area contributed by atoms with Gasteiger partial charge < -0.3 is 9.32 Å². The first-order valence-corrected chi connectivity index (χ1v) is 22.3. The molecular weight excluding hydrogens is 787 g/mol. The lowest BCUT2D eigenvalue weighted by molar-refractivity contribution is 0.629. The molecule has 0 amide bonds. The van der Waals surface area contributed by atoms with E-state index in [2.05, 4.69) is 242 Å². The van der Waals surface area contributed by atoms with Crippen molar-refractivity contribution < 1.29 is 4.42 Å². The number of hydrogen-bond donors (Lipinski definition) is 0. The Balaban J connectivity index is 0.881. The maximum Gasteiger partial charge on any atom is 0.138 e. The fraction of sp³-hybridized carbons (Fsp3) is 0.0159. The third-order valence-corrected chi connectivity index (χ3v) is 13.1. The molecule has 2 nitrogen and oxygen atoms in total. The van der Waals surface area contributed by atoms with Gasteiger partial charge in [0.25, 0.3) is 0 Å². The number of anilines is 3. The highest BCUT2D eigenvalue weighted by Crippen LogP contribution is 2.40. The summed E-state index contributed by atoms with van der Waals surface area (Å²) in [5, 5.41) is 8.74. The van der Waals surface area contributed by atoms with Crippen LogP contribution in [-0.4, -0.2) is 0 Å². The van der Waals surface area contributed by atoms with E-state index in [0.29, 0.717) is 0 Å². The van der Waals surface area contributed by atoms with Crippen molar-refractivity contribution in [2.24, 2.45) is 0 Å². The molecule has 0 saturated heterocycles. The Kier molecular flexibility index (Phi) is 9.43. The van der Waals surface area contributed by atoms with Crippen LogP contribution in [0.15, 0.2) is 247 Å². The average molecular weight is 830 g/mol. The molecule has 65 heavy (non-hydrogen) atoms. The van der Waals surface area contributed by atoms with Gasteiger partial charge in [0, 0.05) is 33.6 Å². The summed E-state index contributed by atoms with van der Waals surface area (Å²) < 4.78 is 6.36. The summed E-state index contributed by atoms with van der Waals surface area (Å²) in [6.45, 7) is 2.14. The predicted octanol–water partition coefficient (Wildman–Crippen LogP) is 18.0. The number of rotatable bonds is 8. The minimum absolute atomic E-state index is 0.914. The third-order valence-electron chi connectivity index (χ3n) is 13.1. The van der Waals surface area contributed by atoms with Crippen LogP contribution in [0, 0.1) is 6.92 Å². The molecule has 12 rings (SSSR count). The van der Waals surface area contributed by atoms with Gasteiger partial charge in [-0.3, -0.25) is 0 Å². The molecule has 0 fully saturated rings. The van der Waals surface area contributed by atoms with Gasteiger partial charge in [0.15, 0.2) is 0 Å². The zero-order valence-corrected chi connectivity index (χ0v) is 35.9. The van der Waals surface area contributed by atoms with E-state index >= 15 is 0 Å². The maximum absolute atomic E-state index is 6.36. The van der Waals surface area contributed by atoms with Gasteiger partial charge >= 0.3 is 0 Å². The molecule has 1 heterocycles. The van der Waals surface area contributed by atoms with Crippen molar-refractivity contribution in [3.05, 3.63) is 248 Å². The Morgan fingerprint density at radius 3 is 1.40 bits per heavy atom. The molecule has 12 aromatic rings. The molecule has 0 radical (unpaired) electrons. The minimum atomic E-state index is 0.914. The summed E-state index contributed by atoms with van der Waals surface area (Å²) in [6, 6.07) is 87.8. The second-order valence-corrected chi connectivity index (χ2v) is 16.9. The molecule has 0 aliphatic heterocycles. The lowest BCUT2D eigenvalue weighted by Crippen LogP contribution is -2.09. The number of aryl methyl sites for hydroxylation is 1. The normalized spacial score (nSPS) is 11.5. The van der Waals surface area contributed by atoms with Crippen LogP contribution in [0.1, 0.15) is 5.56 Å². The molecule has 0 N–H and O–H groups in total. The number of fused-ring (bicyclic) bond motifs is 5. The van der Waals surface area contributed by atoms with E-state index in [1.165, 1.54) is 65.7 Å². The highest BCUT2D eigenvalue weighted by molar-refractivity contribution is 6.08. The first kappa shape index (κ1) is 38.2. The molecular formula is C63H43NO. The van der Waals surface area contributed by atoms with Gasteiger partial charge in [-0.1, -0.05) is 188 Å². The topological polar surface area (TPSA) is 16.4 Å². The Labute approximate surface area is 378 Å². The number of furan rings is 1. The highest BCUT2D eigenvalue weighted by Gasteiger charge is 2.16. The Bertz CT molecular complexity index is 3690. The monoisotopic (exact) mass is 829 g/mol. The van der Waals surface area contributed by atoms with Crippen molar-refractivity contribution in [3.63, 3.8) is 0 Å². The smallest absolute Gasteiger partial charge is 0.138 e. The van der Waals surface area contributed by atoms with Crippen molar-refractivity contribution in [2.45, 2.75) is 6.92 Å². The molecule has 0 atom stereocenters. The van der Waals surface area contributed by atoms with E-state index in [9.17, 15) is 0 Å². The highest BCUT2D eigenvalue weighted by atomic mass is 16.3. The van der Waals surface area contributed by atoms with Crippen molar-refractivity contribution in [3.8, 4) is 55.8 Å². The van der Waals surface area contributed by atoms with E-state index in [1.807, 2.05) is 12.1 Å². The summed E-state index contributed by atoms with van der Waals surface area (Å²) in [5.74, 6) is 0.917. The second-order valence-electron chi connectivity index (χ2n) is 16.9. The number of para-hydroxylation sites is 1. The largest absolute Gasteiger partial charge is 0.456 e. The van der Waals surface area contributed by atoms with Gasteiger partial charge in [0.1, 0.15) is 11.3 Å². The Hall–Kier alpha value is -8.46. The van der Waals surface area contributed by atoms with Gasteiger partial charge in [0.2, 0.25) is 0 Å². The minimum Gasteiger partial charge on any atom is -0.456 e. The molecule has 0 bridgehead atoms. The van der Waals surface area contributed by atoms with Gasteiger partial charge in [-0.25, -0.2) is 0 Å². The lowest BCUT2D eigenvalue weighted by atomic mass is 9.96. The zero-order chi connectivity index (χ0) is 43.3.